The van der Waals surface area contributed by atoms with Crippen LogP contribution in [0.3, 0.4) is 0 Å². The Balaban J connectivity index is 0.00000189. The van der Waals surface area contributed by atoms with E-state index in [9.17, 15) is 14.4 Å². The molecule has 5 rings (SSSR count). The van der Waals surface area contributed by atoms with Gasteiger partial charge in [0, 0.05) is 40.2 Å². The second-order valence-electron chi connectivity index (χ2n) is 9.13. The van der Waals surface area contributed by atoms with Gasteiger partial charge < -0.3 is 15.4 Å². The molecular weight excluding hydrogens is 538 g/mol. The van der Waals surface area contributed by atoms with Gasteiger partial charge in [-0.25, -0.2) is 5.10 Å². The molecule has 2 amide bonds. The average Bonchev–Trinajstić information content (AvgIpc) is 3.41. The first-order chi connectivity index (χ1) is 19.9. The Hall–Kier alpha value is -4.57. The maximum absolute atomic E-state index is 13.1. The number of amides is 2. The zero-order valence-electron chi connectivity index (χ0n) is 23.3. The Bertz CT molecular complexity index is 1560. The van der Waals surface area contributed by atoms with E-state index in [1.54, 1.807) is 48.5 Å². The topological polar surface area (TPSA) is 126 Å². The van der Waals surface area contributed by atoms with Crippen molar-refractivity contribution in [3.05, 3.63) is 109 Å². The van der Waals surface area contributed by atoms with E-state index in [2.05, 4.69) is 38.0 Å². The Morgan fingerprint density at radius 1 is 1.10 bits per heavy atom. The summed E-state index contributed by atoms with van der Waals surface area (Å²) in [6.07, 6.45) is 6.23. The second kappa shape index (κ2) is 14.2. The molecule has 212 valence electrons. The van der Waals surface area contributed by atoms with Crippen LogP contribution >= 0.6 is 11.3 Å². The van der Waals surface area contributed by atoms with Crippen molar-refractivity contribution in [2.45, 2.75) is 52.7 Å². The minimum atomic E-state index is -0.943. The van der Waals surface area contributed by atoms with E-state index >= 15 is 0 Å². The van der Waals surface area contributed by atoms with Gasteiger partial charge in [0.05, 0.1) is 0 Å². The van der Waals surface area contributed by atoms with Crippen LogP contribution in [0.5, 0.6) is 5.75 Å². The summed E-state index contributed by atoms with van der Waals surface area (Å²) in [5.74, 6) is -0.224. The first kappa shape index (κ1) is 29.4. The number of aromatic amines is 1. The molecule has 0 fully saturated rings. The van der Waals surface area contributed by atoms with E-state index in [1.165, 1.54) is 0 Å². The van der Waals surface area contributed by atoms with Crippen molar-refractivity contribution in [1.29, 1.82) is 0 Å². The van der Waals surface area contributed by atoms with Crippen LogP contribution in [0.25, 0.3) is 6.08 Å². The number of para-hydroxylation sites is 1. The molecule has 3 N–H and O–H groups in total. The van der Waals surface area contributed by atoms with Gasteiger partial charge in [-0.2, -0.15) is 5.10 Å². The Kier molecular flexibility index (Phi) is 10.2. The standard InChI is InChI=1S/C29H27N5O4S.C2H6/c1-18-15-20(23-9-5-6-10-24(23)30-18)17-38-22-13-11-19(12-14-22)27(35)32-25(16-26-33-34-29(37)39-26)28(36)31-21-7-3-2-4-8-21;1-2/h2-5,7-9,11-15,25H,6,10,16-17H2,1H3,(H,31,36)(H,32,35)(H,34,37);1-2H3. The first-order valence-corrected chi connectivity index (χ1v) is 14.4. The highest BCUT2D eigenvalue weighted by atomic mass is 32.1. The van der Waals surface area contributed by atoms with E-state index < -0.39 is 17.9 Å². The molecular formula is C31H33N5O4S. The number of benzene rings is 2. The van der Waals surface area contributed by atoms with Crippen LogP contribution < -0.4 is 20.2 Å². The smallest absolute Gasteiger partial charge is 0.322 e. The highest BCUT2D eigenvalue weighted by Gasteiger charge is 2.24. The second-order valence-corrected chi connectivity index (χ2v) is 10.2. The summed E-state index contributed by atoms with van der Waals surface area (Å²) in [6, 6.07) is 16.8. The highest BCUT2D eigenvalue weighted by Crippen LogP contribution is 2.24. The average molecular weight is 572 g/mol. The van der Waals surface area contributed by atoms with E-state index in [-0.39, 0.29) is 11.3 Å². The number of aryl methyl sites for hydroxylation is 2. The number of nitrogens with one attached hydrogen (secondary N) is 3. The summed E-state index contributed by atoms with van der Waals surface area (Å²) in [5, 5.41) is 12.3. The van der Waals surface area contributed by atoms with E-state index in [0.717, 1.165) is 46.7 Å². The minimum Gasteiger partial charge on any atom is -0.489 e. The fourth-order valence-electron chi connectivity index (χ4n) is 4.34. The number of allylic oxidation sites excluding steroid dienone is 1. The summed E-state index contributed by atoms with van der Waals surface area (Å²) < 4.78 is 6.02. The first-order valence-electron chi connectivity index (χ1n) is 13.5. The molecule has 2 aromatic heterocycles. The summed E-state index contributed by atoms with van der Waals surface area (Å²) in [7, 11) is 0. The van der Waals surface area contributed by atoms with E-state index in [0.29, 0.717) is 28.6 Å². The number of fused-ring (bicyclic) bond motifs is 1. The van der Waals surface area contributed by atoms with Gasteiger partial charge in [-0.05, 0) is 62.2 Å². The van der Waals surface area contributed by atoms with Crippen molar-refractivity contribution in [2.24, 2.45) is 0 Å². The van der Waals surface area contributed by atoms with Crippen LogP contribution in [0.1, 0.15) is 58.1 Å². The molecule has 2 heterocycles. The molecule has 41 heavy (non-hydrogen) atoms. The van der Waals surface area contributed by atoms with Gasteiger partial charge in [-0.15, -0.1) is 0 Å². The molecule has 9 nitrogen and oxygen atoms in total. The van der Waals surface area contributed by atoms with Gasteiger partial charge in [-0.3, -0.25) is 19.4 Å². The highest BCUT2D eigenvalue weighted by molar-refractivity contribution is 7.08. The van der Waals surface area contributed by atoms with E-state index in [4.69, 9.17) is 4.74 Å². The quantitative estimate of drug-likeness (QED) is 0.257. The lowest BCUT2D eigenvalue weighted by Gasteiger charge is -2.18. The zero-order valence-corrected chi connectivity index (χ0v) is 24.1. The van der Waals surface area contributed by atoms with Crippen molar-refractivity contribution in [1.82, 2.24) is 20.5 Å². The number of ether oxygens (including phenoxy) is 1. The molecule has 0 saturated heterocycles. The number of nitrogens with zero attached hydrogens (tertiary/aromatic N) is 2. The maximum atomic E-state index is 13.1. The summed E-state index contributed by atoms with van der Waals surface area (Å²) >= 11 is 0.899. The number of H-pyrrole nitrogens is 1. The molecule has 1 aliphatic carbocycles. The number of rotatable bonds is 9. The molecule has 0 radical (unpaired) electrons. The number of anilines is 1. The Morgan fingerprint density at radius 3 is 2.56 bits per heavy atom. The van der Waals surface area contributed by atoms with E-state index in [1.807, 2.05) is 32.9 Å². The van der Waals surface area contributed by atoms with Crippen molar-refractivity contribution in [3.63, 3.8) is 0 Å². The monoisotopic (exact) mass is 571 g/mol. The molecule has 0 aliphatic heterocycles. The number of carbonyl (C=O) groups is 2. The lowest BCUT2D eigenvalue weighted by atomic mass is 9.97. The van der Waals surface area contributed by atoms with Gasteiger partial charge in [0.25, 0.3) is 5.91 Å². The lowest BCUT2D eigenvalue weighted by molar-refractivity contribution is -0.118. The number of pyridine rings is 1. The van der Waals surface area contributed by atoms with Crippen molar-refractivity contribution < 1.29 is 14.3 Å². The largest absolute Gasteiger partial charge is 0.489 e. The van der Waals surface area contributed by atoms with Crippen LogP contribution in [0.4, 0.5) is 5.69 Å². The molecule has 1 aliphatic rings. The van der Waals surface area contributed by atoms with Crippen LogP contribution in [-0.4, -0.2) is 33.0 Å². The third-order valence-electron chi connectivity index (χ3n) is 6.22. The Labute approximate surface area is 242 Å². The zero-order chi connectivity index (χ0) is 29.2. The maximum Gasteiger partial charge on any atom is 0.322 e. The number of aromatic nitrogens is 3. The van der Waals surface area contributed by atoms with Crippen LogP contribution in [0, 0.1) is 6.92 Å². The van der Waals surface area contributed by atoms with Crippen LogP contribution in [-0.2, 0) is 24.2 Å². The SMILES string of the molecule is CC.Cc1cc(COc2ccc(C(=O)NC(Cc3n[nH]c(=O)s3)C(=O)Nc3ccccc3)cc2)c2c(n1)CCC=C2. The predicted octanol–water partition coefficient (Wildman–Crippen LogP) is 5.08. The molecule has 1 atom stereocenters. The molecule has 0 saturated carbocycles. The summed E-state index contributed by atoms with van der Waals surface area (Å²) in [5.41, 5.74) is 5.21. The van der Waals surface area contributed by atoms with Gasteiger partial charge >= 0.3 is 4.87 Å². The van der Waals surface area contributed by atoms with Crippen LogP contribution in [0.2, 0.25) is 0 Å². The predicted molar refractivity (Wildman–Crippen MR) is 161 cm³/mol. The molecule has 4 aromatic rings. The molecule has 0 spiro atoms. The van der Waals surface area contributed by atoms with Crippen molar-refractivity contribution in [2.75, 3.05) is 5.32 Å². The van der Waals surface area contributed by atoms with Crippen molar-refractivity contribution >= 4 is 34.9 Å². The third kappa shape index (κ3) is 7.98. The normalized spacial score (nSPS) is 12.4. The van der Waals surface area contributed by atoms with Crippen molar-refractivity contribution in [3.8, 4) is 5.75 Å². The molecule has 10 heteroatoms. The minimum absolute atomic E-state index is 0.0686. The summed E-state index contributed by atoms with van der Waals surface area (Å²) in [6.45, 7) is 6.37. The lowest BCUT2D eigenvalue weighted by Crippen LogP contribution is -2.45. The number of hydrogen-bond acceptors (Lipinski definition) is 7. The fraction of sp³-hybridized carbons (Fsp3) is 0.258. The van der Waals surface area contributed by atoms with Gasteiger partial charge in [-0.1, -0.05) is 55.5 Å². The summed E-state index contributed by atoms with van der Waals surface area (Å²) in [4.78, 5) is 41.9. The fourth-order valence-corrected chi connectivity index (χ4v) is 4.99. The van der Waals surface area contributed by atoms with Gasteiger partial charge in [0.2, 0.25) is 5.91 Å². The molecule has 0 bridgehead atoms. The number of carbonyl (C=O) groups excluding carboxylic acids is 2. The molecule has 2 aromatic carbocycles. The third-order valence-corrected chi connectivity index (χ3v) is 6.99. The van der Waals surface area contributed by atoms with Gasteiger partial charge in [0.15, 0.2) is 0 Å². The Morgan fingerprint density at radius 2 is 1.85 bits per heavy atom. The molecule has 1 unspecified atom stereocenters. The van der Waals surface area contributed by atoms with Gasteiger partial charge in [0.1, 0.15) is 23.4 Å². The van der Waals surface area contributed by atoms with Crippen LogP contribution in [0.15, 0.2) is 71.5 Å². The number of hydrogen-bond donors (Lipinski definition) is 3.